The second-order valence-electron chi connectivity index (χ2n) is 4.63. The van der Waals surface area contributed by atoms with Gasteiger partial charge in [-0.05, 0) is 18.1 Å². The van der Waals surface area contributed by atoms with Crippen molar-refractivity contribution in [3.63, 3.8) is 0 Å². The van der Waals surface area contributed by atoms with Crippen LogP contribution in [-0.4, -0.2) is 18.0 Å². The van der Waals surface area contributed by atoms with Crippen LogP contribution in [0.3, 0.4) is 0 Å². The Morgan fingerprint density at radius 2 is 2.21 bits per heavy atom. The predicted octanol–water partition coefficient (Wildman–Crippen LogP) is 2.76. The molecular weight excluding hydrogens is 264 g/mol. The first-order valence-corrected chi connectivity index (χ1v) is 6.75. The number of hydrogen-bond donors (Lipinski definition) is 1. The van der Waals surface area contributed by atoms with Crippen molar-refractivity contribution in [3.05, 3.63) is 34.9 Å². The van der Waals surface area contributed by atoms with Gasteiger partial charge in [-0.1, -0.05) is 43.6 Å². The molecule has 2 rings (SSSR count). The number of amidine groups is 1. The Balaban J connectivity index is 2.02. The predicted molar refractivity (Wildman–Crippen MR) is 75.1 cm³/mol. The molecule has 1 fully saturated rings. The maximum Gasteiger partial charge on any atom is 0.292 e. The number of amides is 1. The van der Waals surface area contributed by atoms with Crippen LogP contribution in [0.2, 0.25) is 5.02 Å². The van der Waals surface area contributed by atoms with Gasteiger partial charge in [0.1, 0.15) is 0 Å². The van der Waals surface area contributed by atoms with Crippen LogP contribution in [0.4, 0.5) is 0 Å². The molecule has 0 saturated carbocycles. The highest BCUT2D eigenvalue weighted by molar-refractivity contribution is 6.31. The van der Waals surface area contributed by atoms with E-state index in [-0.39, 0.29) is 17.8 Å². The lowest BCUT2D eigenvalue weighted by molar-refractivity contribution is -0.125. The number of hydrogen-bond acceptors (Lipinski definition) is 3. The summed E-state index contributed by atoms with van der Waals surface area (Å²) in [4.78, 5) is 16.0. The summed E-state index contributed by atoms with van der Waals surface area (Å²) in [5.41, 5.74) is 0.904. The molecule has 1 aliphatic rings. The van der Waals surface area contributed by atoms with E-state index < -0.39 is 6.10 Å². The van der Waals surface area contributed by atoms with E-state index in [9.17, 15) is 4.79 Å². The largest absolute Gasteiger partial charge is 0.451 e. The fraction of sp³-hybridized carbons (Fsp3) is 0.429. The first-order chi connectivity index (χ1) is 9.11. The van der Waals surface area contributed by atoms with Crippen molar-refractivity contribution < 1.29 is 9.53 Å². The Kier molecular flexibility index (Phi) is 4.43. The molecule has 102 valence electrons. The van der Waals surface area contributed by atoms with Crippen molar-refractivity contribution in [3.8, 4) is 0 Å². The molecule has 4 nitrogen and oxygen atoms in total. The van der Waals surface area contributed by atoms with Gasteiger partial charge < -0.3 is 4.74 Å². The maximum absolute atomic E-state index is 11.7. The zero-order chi connectivity index (χ0) is 13.8. The summed E-state index contributed by atoms with van der Waals surface area (Å²) in [5, 5.41) is 3.32. The van der Waals surface area contributed by atoms with E-state index in [4.69, 9.17) is 16.3 Å². The number of nitrogens with zero attached hydrogens (tertiary/aromatic N) is 1. The lowest BCUT2D eigenvalue weighted by atomic mass is 10.0. The number of aliphatic imine (C=N–C) groups is 1. The van der Waals surface area contributed by atoms with E-state index in [2.05, 4.69) is 10.3 Å². The van der Waals surface area contributed by atoms with Crippen LogP contribution in [0.25, 0.3) is 0 Å². The van der Waals surface area contributed by atoms with Crippen molar-refractivity contribution in [1.82, 2.24) is 5.32 Å². The zero-order valence-electron chi connectivity index (χ0n) is 11.0. The molecule has 1 amide bonds. The third-order valence-corrected chi connectivity index (χ3v) is 3.61. The molecule has 0 aliphatic carbocycles. The standard InChI is InChI=1S/C14H17ClN2O2/c1-3-9(2)12-13(18)17-14(19-12)16-8-10-6-4-5-7-11(10)15/h4-7,9,12H,3,8H2,1-2H3,(H,16,17,18). The topological polar surface area (TPSA) is 50.7 Å². The Morgan fingerprint density at radius 3 is 2.89 bits per heavy atom. The van der Waals surface area contributed by atoms with Crippen LogP contribution in [0, 0.1) is 5.92 Å². The summed E-state index contributed by atoms with van der Waals surface area (Å²) in [6.45, 7) is 4.41. The van der Waals surface area contributed by atoms with Gasteiger partial charge in [0.05, 0.1) is 6.54 Å². The first kappa shape index (κ1) is 13.9. The summed E-state index contributed by atoms with van der Waals surface area (Å²) >= 11 is 6.04. The number of carbonyl (C=O) groups excluding carboxylic acids is 1. The number of halogens is 1. The molecule has 0 spiro atoms. The van der Waals surface area contributed by atoms with E-state index in [0.29, 0.717) is 11.6 Å². The van der Waals surface area contributed by atoms with Crippen molar-refractivity contribution in [2.45, 2.75) is 32.9 Å². The molecule has 1 aromatic rings. The van der Waals surface area contributed by atoms with Gasteiger partial charge in [0.25, 0.3) is 11.9 Å². The monoisotopic (exact) mass is 280 g/mol. The Morgan fingerprint density at radius 1 is 1.47 bits per heavy atom. The first-order valence-electron chi connectivity index (χ1n) is 6.37. The lowest BCUT2D eigenvalue weighted by Crippen LogP contribution is -2.29. The van der Waals surface area contributed by atoms with Crippen LogP contribution < -0.4 is 5.32 Å². The molecule has 1 saturated heterocycles. The Bertz CT molecular complexity index is 502. The van der Waals surface area contributed by atoms with Crippen LogP contribution in [-0.2, 0) is 16.1 Å². The molecule has 19 heavy (non-hydrogen) atoms. The summed E-state index contributed by atoms with van der Waals surface area (Å²) in [6.07, 6.45) is 0.450. The van der Waals surface area contributed by atoms with Crippen LogP contribution >= 0.6 is 11.6 Å². The van der Waals surface area contributed by atoms with Crippen molar-refractivity contribution >= 4 is 23.5 Å². The van der Waals surface area contributed by atoms with Gasteiger partial charge >= 0.3 is 0 Å². The van der Waals surface area contributed by atoms with E-state index in [1.54, 1.807) is 0 Å². The van der Waals surface area contributed by atoms with Crippen LogP contribution in [0.15, 0.2) is 29.3 Å². The minimum absolute atomic E-state index is 0.118. The zero-order valence-corrected chi connectivity index (χ0v) is 11.8. The molecule has 1 N–H and O–H groups in total. The molecular formula is C14H17ClN2O2. The third kappa shape index (κ3) is 3.26. The molecule has 0 aromatic heterocycles. The van der Waals surface area contributed by atoms with E-state index >= 15 is 0 Å². The second kappa shape index (κ2) is 6.06. The minimum atomic E-state index is -0.435. The summed E-state index contributed by atoms with van der Waals surface area (Å²) in [5.74, 6) is 0.0558. The second-order valence-corrected chi connectivity index (χ2v) is 5.03. The number of benzene rings is 1. The fourth-order valence-corrected chi connectivity index (χ4v) is 2.02. The average molecular weight is 281 g/mol. The highest BCUT2D eigenvalue weighted by Crippen LogP contribution is 2.18. The molecule has 0 radical (unpaired) electrons. The van der Waals surface area contributed by atoms with Gasteiger partial charge in [-0.25, -0.2) is 4.99 Å². The van der Waals surface area contributed by atoms with Gasteiger partial charge in [-0.2, -0.15) is 0 Å². The van der Waals surface area contributed by atoms with Crippen LogP contribution in [0.1, 0.15) is 25.8 Å². The smallest absolute Gasteiger partial charge is 0.292 e. The molecule has 5 heteroatoms. The average Bonchev–Trinajstić information content (AvgIpc) is 2.78. The normalized spacial score (nSPS) is 22.2. The van der Waals surface area contributed by atoms with Crippen molar-refractivity contribution in [1.29, 1.82) is 0 Å². The van der Waals surface area contributed by atoms with Crippen LogP contribution in [0.5, 0.6) is 0 Å². The number of nitrogens with one attached hydrogen (secondary N) is 1. The highest BCUT2D eigenvalue weighted by atomic mass is 35.5. The summed E-state index contributed by atoms with van der Waals surface area (Å²) in [7, 11) is 0. The van der Waals surface area contributed by atoms with Gasteiger partial charge in [0, 0.05) is 10.9 Å². The van der Waals surface area contributed by atoms with Gasteiger partial charge in [0.2, 0.25) is 0 Å². The summed E-state index contributed by atoms with van der Waals surface area (Å²) < 4.78 is 5.53. The minimum Gasteiger partial charge on any atom is -0.451 e. The molecule has 0 bridgehead atoms. The molecule has 1 heterocycles. The number of ether oxygens (including phenoxy) is 1. The molecule has 2 unspecified atom stereocenters. The third-order valence-electron chi connectivity index (χ3n) is 3.24. The molecule has 1 aliphatic heterocycles. The Hall–Kier alpha value is -1.55. The fourth-order valence-electron chi connectivity index (χ4n) is 1.83. The number of carbonyl (C=O) groups is 1. The van der Waals surface area contributed by atoms with Crippen molar-refractivity contribution in [2.75, 3.05) is 0 Å². The van der Waals surface area contributed by atoms with E-state index in [0.717, 1.165) is 12.0 Å². The van der Waals surface area contributed by atoms with Crippen molar-refractivity contribution in [2.24, 2.45) is 10.9 Å². The van der Waals surface area contributed by atoms with E-state index in [1.165, 1.54) is 0 Å². The summed E-state index contributed by atoms with van der Waals surface area (Å²) in [6, 6.07) is 7.77. The van der Waals surface area contributed by atoms with E-state index in [1.807, 2.05) is 38.1 Å². The quantitative estimate of drug-likeness (QED) is 0.922. The molecule has 2 atom stereocenters. The van der Waals surface area contributed by atoms with Gasteiger partial charge in [0.15, 0.2) is 6.10 Å². The number of rotatable bonds is 4. The lowest BCUT2D eigenvalue weighted by Gasteiger charge is -2.13. The SMILES string of the molecule is CCC(C)C1OC(=NCc2ccccc2Cl)NC1=O. The van der Waals surface area contributed by atoms with Gasteiger partial charge in [-0.3, -0.25) is 10.1 Å². The Labute approximate surface area is 117 Å². The molecule has 1 aromatic carbocycles. The highest BCUT2D eigenvalue weighted by Gasteiger charge is 2.34. The maximum atomic E-state index is 11.7. The van der Waals surface area contributed by atoms with Gasteiger partial charge in [-0.15, -0.1) is 0 Å².